The summed E-state index contributed by atoms with van der Waals surface area (Å²) in [6.07, 6.45) is -2.40. The SMILES string of the molecule is Cc1cc(Br)cc(C2(C(F)F)NOC3CC32)c1F. The Bertz CT molecular complexity index is 510. The molecule has 2 fully saturated rings. The van der Waals surface area contributed by atoms with Gasteiger partial charge in [-0.1, -0.05) is 15.9 Å². The van der Waals surface area contributed by atoms with Gasteiger partial charge in [-0.05, 0) is 31.0 Å². The zero-order chi connectivity index (χ0) is 13.1. The molecular formula is C12H11BrF3NO. The number of rotatable bonds is 2. The summed E-state index contributed by atoms with van der Waals surface area (Å²) in [5.41, 5.74) is 0.970. The normalized spacial score (nSPS) is 33.9. The summed E-state index contributed by atoms with van der Waals surface area (Å²) in [6, 6.07) is 2.98. The maximum atomic E-state index is 14.2. The van der Waals surface area contributed by atoms with E-state index in [9.17, 15) is 13.2 Å². The first kappa shape index (κ1) is 12.4. The van der Waals surface area contributed by atoms with Crippen molar-refractivity contribution in [1.29, 1.82) is 0 Å². The molecule has 6 heteroatoms. The van der Waals surface area contributed by atoms with Gasteiger partial charge in [0.2, 0.25) is 0 Å². The first-order chi connectivity index (χ1) is 8.46. The Morgan fingerprint density at radius 2 is 2.22 bits per heavy atom. The molecule has 2 aliphatic rings. The molecule has 0 radical (unpaired) electrons. The standard InChI is InChI=1S/C12H11BrF3NO/c1-5-2-6(13)3-8(10(5)14)12(11(15)16)7-4-9(7)18-17-12/h2-3,7,9,11,17H,4H2,1H3. The van der Waals surface area contributed by atoms with Crippen LogP contribution in [0.3, 0.4) is 0 Å². The molecule has 1 aliphatic carbocycles. The molecule has 98 valence electrons. The minimum Gasteiger partial charge on any atom is -0.297 e. The van der Waals surface area contributed by atoms with E-state index in [-0.39, 0.29) is 17.6 Å². The Kier molecular flexibility index (Phi) is 2.73. The van der Waals surface area contributed by atoms with Crippen LogP contribution in [0.4, 0.5) is 13.2 Å². The molecule has 0 amide bonds. The monoisotopic (exact) mass is 321 g/mol. The average molecular weight is 322 g/mol. The predicted octanol–water partition coefficient (Wildman–Crippen LogP) is 3.28. The summed E-state index contributed by atoms with van der Waals surface area (Å²) in [7, 11) is 0. The molecule has 3 rings (SSSR count). The van der Waals surface area contributed by atoms with Crippen molar-refractivity contribution in [1.82, 2.24) is 5.48 Å². The maximum Gasteiger partial charge on any atom is 0.263 e. The molecule has 1 aliphatic heterocycles. The fraction of sp³-hybridized carbons (Fsp3) is 0.500. The van der Waals surface area contributed by atoms with Crippen molar-refractivity contribution in [3.05, 3.63) is 33.5 Å². The molecule has 1 heterocycles. The second kappa shape index (κ2) is 3.95. The molecule has 2 nitrogen and oxygen atoms in total. The highest BCUT2D eigenvalue weighted by atomic mass is 79.9. The Balaban J connectivity index is 2.17. The summed E-state index contributed by atoms with van der Waals surface area (Å²) in [6.45, 7) is 1.56. The molecular weight excluding hydrogens is 311 g/mol. The van der Waals surface area contributed by atoms with E-state index in [4.69, 9.17) is 4.84 Å². The largest absolute Gasteiger partial charge is 0.297 e. The molecule has 1 N–H and O–H groups in total. The number of hydrogen-bond acceptors (Lipinski definition) is 2. The number of benzene rings is 1. The summed E-state index contributed by atoms with van der Waals surface area (Å²) in [4.78, 5) is 5.08. The molecule has 1 saturated heterocycles. The minimum absolute atomic E-state index is 0.0191. The lowest BCUT2D eigenvalue weighted by Crippen LogP contribution is -2.47. The number of nitrogens with one attached hydrogen (secondary N) is 1. The van der Waals surface area contributed by atoms with Crippen molar-refractivity contribution in [2.24, 2.45) is 5.92 Å². The molecule has 3 atom stereocenters. The average Bonchev–Trinajstić information content (AvgIpc) is 2.98. The second-order valence-corrected chi connectivity index (χ2v) is 5.77. The van der Waals surface area contributed by atoms with E-state index in [0.717, 1.165) is 0 Å². The van der Waals surface area contributed by atoms with Crippen molar-refractivity contribution in [2.75, 3.05) is 0 Å². The number of alkyl halides is 2. The first-order valence-corrected chi connectivity index (χ1v) is 6.43. The van der Waals surface area contributed by atoms with Gasteiger partial charge in [0.05, 0.1) is 6.10 Å². The fourth-order valence-electron chi connectivity index (χ4n) is 2.64. The van der Waals surface area contributed by atoms with Crippen molar-refractivity contribution < 1.29 is 18.0 Å². The quantitative estimate of drug-likeness (QED) is 0.902. The van der Waals surface area contributed by atoms with Crippen LogP contribution in [0.1, 0.15) is 17.5 Å². The summed E-state index contributed by atoms with van der Waals surface area (Å²) in [5, 5.41) is 0. The van der Waals surface area contributed by atoms with Crippen LogP contribution >= 0.6 is 15.9 Å². The zero-order valence-electron chi connectivity index (χ0n) is 9.51. The molecule has 1 saturated carbocycles. The highest BCUT2D eigenvalue weighted by Gasteiger charge is 2.66. The molecule has 0 aromatic heterocycles. The minimum atomic E-state index is -2.72. The zero-order valence-corrected chi connectivity index (χ0v) is 11.1. The van der Waals surface area contributed by atoms with Crippen LogP contribution in [0, 0.1) is 18.7 Å². The predicted molar refractivity (Wildman–Crippen MR) is 62.6 cm³/mol. The second-order valence-electron chi connectivity index (χ2n) is 4.85. The van der Waals surface area contributed by atoms with E-state index in [1.54, 1.807) is 13.0 Å². The lowest BCUT2D eigenvalue weighted by Gasteiger charge is -2.30. The smallest absolute Gasteiger partial charge is 0.263 e. The van der Waals surface area contributed by atoms with Gasteiger partial charge in [0.15, 0.2) is 0 Å². The summed E-state index contributed by atoms with van der Waals surface area (Å²) < 4.78 is 41.7. The van der Waals surface area contributed by atoms with Gasteiger partial charge in [0.1, 0.15) is 11.4 Å². The number of hydrogen-bond donors (Lipinski definition) is 1. The number of halogens is 4. The van der Waals surface area contributed by atoms with Crippen LogP contribution in [0.2, 0.25) is 0 Å². The van der Waals surface area contributed by atoms with Gasteiger partial charge in [-0.25, -0.2) is 13.2 Å². The Morgan fingerprint density at radius 3 is 2.72 bits per heavy atom. The third-order valence-corrected chi connectivity index (χ3v) is 4.16. The summed E-state index contributed by atoms with van der Waals surface area (Å²) >= 11 is 3.22. The van der Waals surface area contributed by atoms with E-state index in [1.807, 2.05) is 0 Å². The molecule has 3 unspecified atom stereocenters. The van der Waals surface area contributed by atoms with Crippen molar-refractivity contribution >= 4 is 15.9 Å². The van der Waals surface area contributed by atoms with Crippen molar-refractivity contribution in [2.45, 2.75) is 31.4 Å². The number of hydroxylamine groups is 1. The van der Waals surface area contributed by atoms with Gasteiger partial charge in [0, 0.05) is 16.0 Å². The molecule has 0 spiro atoms. The Labute approximate surface area is 111 Å². The number of fused-ring (bicyclic) bond motifs is 1. The van der Waals surface area contributed by atoms with Crippen LogP contribution in [-0.2, 0) is 10.4 Å². The van der Waals surface area contributed by atoms with E-state index in [1.165, 1.54) is 6.07 Å². The van der Waals surface area contributed by atoms with Crippen molar-refractivity contribution in [3.63, 3.8) is 0 Å². The van der Waals surface area contributed by atoms with E-state index >= 15 is 0 Å². The van der Waals surface area contributed by atoms with Crippen LogP contribution in [0.25, 0.3) is 0 Å². The first-order valence-electron chi connectivity index (χ1n) is 5.64. The van der Waals surface area contributed by atoms with Crippen LogP contribution in [-0.4, -0.2) is 12.5 Å². The lowest BCUT2D eigenvalue weighted by atomic mass is 9.85. The Hall–Kier alpha value is -0.590. The van der Waals surface area contributed by atoms with Crippen molar-refractivity contribution in [3.8, 4) is 0 Å². The van der Waals surface area contributed by atoms with Gasteiger partial charge >= 0.3 is 0 Å². The third-order valence-electron chi connectivity index (χ3n) is 3.71. The Morgan fingerprint density at radius 1 is 1.50 bits per heavy atom. The van der Waals surface area contributed by atoms with Gasteiger partial charge in [-0.2, -0.15) is 5.48 Å². The van der Waals surface area contributed by atoms with E-state index < -0.39 is 17.8 Å². The van der Waals surface area contributed by atoms with Gasteiger partial charge in [-0.15, -0.1) is 0 Å². The fourth-order valence-corrected chi connectivity index (χ4v) is 3.21. The highest BCUT2D eigenvalue weighted by Crippen LogP contribution is 2.56. The molecule has 18 heavy (non-hydrogen) atoms. The van der Waals surface area contributed by atoms with E-state index in [0.29, 0.717) is 16.5 Å². The van der Waals surface area contributed by atoms with Crippen LogP contribution < -0.4 is 5.48 Å². The van der Waals surface area contributed by atoms with Gasteiger partial charge < -0.3 is 0 Å². The molecule has 0 bridgehead atoms. The molecule has 1 aromatic carbocycles. The van der Waals surface area contributed by atoms with Gasteiger partial charge in [-0.3, -0.25) is 4.84 Å². The van der Waals surface area contributed by atoms with Gasteiger partial charge in [0.25, 0.3) is 6.43 Å². The topological polar surface area (TPSA) is 21.3 Å². The number of aryl methyl sites for hydroxylation is 1. The third kappa shape index (κ3) is 1.55. The highest BCUT2D eigenvalue weighted by molar-refractivity contribution is 9.10. The van der Waals surface area contributed by atoms with Crippen LogP contribution in [0.15, 0.2) is 16.6 Å². The van der Waals surface area contributed by atoms with Crippen LogP contribution in [0.5, 0.6) is 0 Å². The lowest BCUT2D eigenvalue weighted by molar-refractivity contribution is -0.0567. The molecule has 1 aromatic rings. The van der Waals surface area contributed by atoms with E-state index in [2.05, 4.69) is 21.4 Å². The maximum absolute atomic E-state index is 14.2. The summed E-state index contributed by atoms with van der Waals surface area (Å²) in [5.74, 6) is -0.956.